The molecule has 1 saturated heterocycles. The molecule has 1 aromatic carbocycles. The van der Waals surface area contributed by atoms with Gasteiger partial charge in [-0.1, -0.05) is 12.1 Å². The van der Waals surface area contributed by atoms with Crippen molar-refractivity contribution in [1.82, 2.24) is 9.88 Å². The van der Waals surface area contributed by atoms with Crippen LogP contribution in [0.3, 0.4) is 0 Å². The smallest absolute Gasteiger partial charge is 0.206 e. The maximum absolute atomic E-state index is 13.0. The zero-order chi connectivity index (χ0) is 20.5. The summed E-state index contributed by atoms with van der Waals surface area (Å²) < 4.78 is 38.0. The number of hydrogen-bond donors (Lipinski definition) is 0. The van der Waals surface area contributed by atoms with Crippen molar-refractivity contribution in [2.24, 2.45) is 0 Å². The van der Waals surface area contributed by atoms with Crippen LogP contribution in [0.15, 0.2) is 47.6 Å². The average Bonchev–Trinajstić information content (AvgIpc) is 3.24. The molecule has 4 rings (SSSR count). The van der Waals surface area contributed by atoms with Gasteiger partial charge in [0.15, 0.2) is 10.8 Å². The van der Waals surface area contributed by atoms with Crippen LogP contribution in [0.25, 0.3) is 0 Å². The summed E-state index contributed by atoms with van der Waals surface area (Å²) in [5, 5.41) is -0.743. The lowest BCUT2D eigenvalue weighted by Crippen LogP contribution is -2.48. The van der Waals surface area contributed by atoms with Crippen molar-refractivity contribution < 1.29 is 17.9 Å². The number of fused-ring (bicyclic) bond motifs is 1. The third kappa shape index (κ3) is 3.85. The molecule has 0 N–H and O–H groups in total. The van der Waals surface area contributed by atoms with Gasteiger partial charge in [0.25, 0.3) is 0 Å². The Balaban J connectivity index is 1.45. The van der Waals surface area contributed by atoms with Crippen LogP contribution in [0.5, 0.6) is 11.5 Å². The quantitative estimate of drug-likeness (QED) is 0.672. The van der Waals surface area contributed by atoms with Crippen LogP contribution in [-0.2, 0) is 15.4 Å². The highest BCUT2D eigenvalue weighted by Gasteiger charge is 2.49. The first kappa shape index (κ1) is 20.2. The summed E-state index contributed by atoms with van der Waals surface area (Å²) in [4.78, 5) is 6.50. The molecular weight excluding hydrogens is 388 g/mol. The second kappa shape index (κ2) is 7.95. The largest absolute Gasteiger partial charge is 0.494 e. The van der Waals surface area contributed by atoms with E-state index in [4.69, 9.17) is 9.47 Å². The fraction of sp³-hybridized carbons (Fsp3) is 0.500. The van der Waals surface area contributed by atoms with Crippen LogP contribution in [-0.4, -0.2) is 49.8 Å². The zero-order valence-corrected chi connectivity index (χ0v) is 17.8. The summed E-state index contributed by atoms with van der Waals surface area (Å²) in [6, 6.07) is 10.9. The number of nitrogens with zero attached hydrogens (tertiary/aromatic N) is 2. The highest BCUT2D eigenvalue weighted by molar-refractivity contribution is 7.92. The van der Waals surface area contributed by atoms with Crippen LogP contribution in [0, 0.1) is 0 Å². The number of rotatable bonds is 6. The molecule has 0 unspecified atom stereocenters. The molecule has 1 fully saturated rings. The third-order valence-corrected chi connectivity index (χ3v) is 8.31. The highest BCUT2D eigenvalue weighted by atomic mass is 32.2. The lowest BCUT2D eigenvalue weighted by molar-refractivity contribution is 0.0734. The summed E-state index contributed by atoms with van der Waals surface area (Å²) in [6.45, 7) is 7.65. The van der Waals surface area contributed by atoms with Crippen LogP contribution >= 0.6 is 0 Å². The molecule has 7 heteroatoms. The van der Waals surface area contributed by atoms with E-state index in [-0.39, 0.29) is 5.03 Å². The van der Waals surface area contributed by atoms with Gasteiger partial charge in [0.05, 0.1) is 6.61 Å². The Morgan fingerprint density at radius 3 is 2.66 bits per heavy atom. The minimum Gasteiger partial charge on any atom is -0.494 e. The van der Waals surface area contributed by atoms with Gasteiger partial charge in [0, 0.05) is 12.7 Å². The minimum atomic E-state index is -3.58. The Bertz CT molecular complexity index is 955. The van der Waals surface area contributed by atoms with E-state index in [2.05, 4.69) is 9.88 Å². The number of ether oxygens (including phenoxy) is 2. The maximum Gasteiger partial charge on any atom is 0.206 e. The van der Waals surface area contributed by atoms with Crippen molar-refractivity contribution in [2.45, 2.75) is 49.0 Å². The first-order valence-corrected chi connectivity index (χ1v) is 11.8. The van der Waals surface area contributed by atoms with E-state index in [1.165, 1.54) is 32.1 Å². The molecule has 0 aliphatic carbocycles. The second-order valence-electron chi connectivity index (χ2n) is 7.98. The van der Waals surface area contributed by atoms with Crippen LogP contribution in [0.4, 0.5) is 0 Å². The third-order valence-electron chi connectivity index (χ3n) is 6.08. The van der Waals surface area contributed by atoms with Crippen molar-refractivity contribution in [3.63, 3.8) is 0 Å². The number of pyridine rings is 1. The van der Waals surface area contributed by atoms with Gasteiger partial charge >= 0.3 is 0 Å². The molecule has 156 valence electrons. The fourth-order valence-corrected chi connectivity index (χ4v) is 5.81. The topological polar surface area (TPSA) is 68.7 Å². The Morgan fingerprint density at radius 1 is 1.21 bits per heavy atom. The molecule has 3 heterocycles. The van der Waals surface area contributed by atoms with Gasteiger partial charge in [-0.2, -0.15) is 0 Å². The first-order chi connectivity index (χ1) is 13.9. The molecule has 1 aromatic heterocycles. The van der Waals surface area contributed by atoms with Crippen LogP contribution in [0.2, 0.25) is 0 Å². The normalized spacial score (nSPS) is 25.9. The Morgan fingerprint density at radius 2 is 1.93 bits per heavy atom. The lowest BCUT2D eigenvalue weighted by atomic mass is 9.92. The van der Waals surface area contributed by atoms with Gasteiger partial charge in [-0.3, -0.25) is 0 Å². The summed E-state index contributed by atoms with van der Waals surface area (Å²) in [6.07, 6.45) is 5.09. The predicted molar refractivity (Wildman–Crippen MR) is 111 cm³/mol. The zero-order valence-electron chi connectivity index (χ0n) is 17.0. The van der Waals surface area contributed by atoms with Crippen LogP contribution < -0.4 is 9.47 Å². The molecule has 2 aromatic rings. The number of sulfone groups is 1. The average molecular weight is 417 g/mol. The number of benzene rings is 1. The monoisotopic (exact) mass is 416 g/mol. The van der Waals surface area contributed by atoms with Crippen molar-refractivity contribution >= 4 is 9.84 Å². The van der Waals surface area contributed by atoms with Gasteiger partial charge in [-0.25, -0.2) is 13.4 Å². The summed E-state index contributed by atoms with van der Waals surface area (Å²) >= 11 is 0. The maximum atomic E-state index is 13.0. The fourth-order valence-electron chi connectivity index (χ4n) is 4.10. The molecule has 0 amide bonds. The molecule has 2 aliphatic heterocycles. The van der Waals surface area contributed by atoms with Crippen molar-refractivity contribution in [2.75, 3.05) is 26.2 Å². The Labute approximate surface area is 172 Å². The number of aromatic nitrogens is 1. The molecule has 6 nitrogen and oxygen atoms in total. The molecule has 0 bridgehead atoms. The number of likely N-dealkylation sites (tertiary alicyclic amines) is 1. The molecule has 2 atom stereocenters. The minimum absolute atomic E-state index is 0.0166. The van der Waals surface area contributed by atoms with E-state index >= 15 is 0 Å². The predicted octanol–water partition coefficient (Wildman–Crippen LogP) is 3.42. The van der Waals surface area contributed by atoms with E-state index in [9.17, 15) is 8.42 Å². The molecule has 2 aliphatic rings. The van der Waals surface area contributed by atoms with Gasteiger partial charge in [0.1, 0.15) is 16.6 Å². The Kier molecular flexibility index (Phi) is 5.53. The summed E-state index contributed by atoms with van der Waals surface area (Å²) in [5.74, 6) is 1.09. The summed E-state index contributed by atoms with van der Waals surface area (Å²) in [5.41, 5.74) is -0.198. The van der Waals surface area contributed by atoms with Crippen molar-refractivity contribution in [3.05, 3.63) is 48.2 Å². The van der Waals surface area contributed by atoms with Gasteiger partial charge < -0.3 is 14.4 Å². The molecule has 0 radical (unpaired) electrons. The van der Waals surface area contributed by atoms with Gasteiger partial charge in [0.2, 0.25) is 9.84 Å². The van der Waals surface area contributed by atoms with E-state index in [0.717, 1.165) is 24.3 Å². The second-order valence-corrected chi connectivity index (χ2v) is 10.2. The van der Waals surface area contributed by atoms with Crippen LogP contribution in [0.1, 0.15) is 38.7 Å². The SMILES string of the molecule is C[C@H]1[C@](C)(c2ccc(OCCCN3CCCC3)cc2)Oc2cccnc2S1(=O)=O. The molecule has 0 saturated carbocycles. The standard InChI is InChI=1S/C22H28N2O4S/c1-17-22(2,28-20-7-5-12-23-21(20)29(17,25)26)18-8-10-19(11-9-18)27-16-6-15-24-13-3-4-14-24/h5,7-12,17H,3-4,6,13-16H2,1-2H3/t17-,22+/m0/s1. The Hall–Kier alpha value is -2.12. The molecule has 29 heavy (non-hydrogen) atoms. The van der Waals surface area contributed by atoms with E-state index in [0.29, 0.717) is 12.4 Å². The molecule has 0 spiro atoms. The van der Waals surface area contributed by atoms with E-state index < -0.39 is 20.7 Å². The first-order valence-electron chi connectivity index (χ1n) is 10.2. The van der Waals surface area contributed by atoms with Crippen molar-refractivity contribution in [3.8, 4) is 11.5 Å². The van der Waals surface area contributed by atoms with Gasteiger partial charge in [-0.05, 0) is 76.0 Å². The lowest BCUT2D eigenvalue weighted by Gasteiger charge is -2.40. The highest BCUT2D eigenvalue weighted by Crippen LogP contribution is 2.43. The van der Waals surface area contributed by atoms with Crippen molar-refractivity contribution in [1.29, 1.82) is 0 Å². The molecular formula is C22H28N2O4S. The van der Waals surface area contributed by atoms with E-state index in [1.807, 2.05) is 31.2 Å². The van der Waals surface area contributed by atoms with E-state index in [1.54, 1.807) is 19.1 Å². The number of hydrogen-bond acceptors (Lipinski definition) is 6. The van der Waals surface area contributed by atoms with Gasteiger partial charge in [-0.15, -0.1) is 0 Å². The summed E-state index contributed by atoms with van der Waals surface area (Å²) in [7, 11) is -3.58.